The molecule has 0 fully saturated rings. The SMILES string of the molecule is CCNC(=NCCS(=O)(=O)C(C)(C)C)NCCc1c[nH]c2c(C)cccc12.I. The summed E-state index contributed by atoms with van der Waals surface area (Å²) in [5.74, 6) is 0.701. The Bertz CT molecular complexity index is 899. The highest BCUT2D eigenvalue weighted by atomic mass is 127. The molecule has 1 aromatic carbocycles. The number of benzene rings is 1. The Hall–Kier alpha value is -1.29. The van der Waals surface area contributed by atoms with Crippen molar-refractivity contribution in [3.8, 4) is 0 Å². The number of para-hydroxylation sites is 1. The van der Waals surface area contributed by atoms with E-state index in [0.29, 0.717) is 5.96 Å². The molecule has 0 aliphatic carbocycles. The zero-order valence-corrected chi connectivity index (χ0v) is 20.6. The number of nitrogens with zero attached hydrogens (tertiary/aromatic N) is 1. The molecule has 3 N–H and O–H groups in total. The van der Waals surface area contributed by atoms with E-state index in [2.05, 4.69) is 51.9 Å². The van der Waals surface area contributed by atoms with Crippen LogP contribution in [0, 0.1) is 6.92 Å². The van der Waals surface area contributed by atoms with Crippen molar-refractivity contribution in [2.45, 2.75) is 45.8 Å². The van der Waals surface area contributed by atoms with Crippen molar-refractivity contribution in [2.24, 2.45) is 4.99 Å². The van der Waals surface area contributed by atoms with Crippen molar-refractivity contribution in [1.82, 2.24) is 15.6 Å². The van der Waals surface area contributed by atoms with Crippen LogP contribution in [0.3, 0.4) is 0 Å². The number of aromatic amines is 1. The maximum absolute atomic E-state index is 12.2. The highest BCUT2D eigenvalue weighted by Crippen LogP contribution is 2.21. The monoisotopic (exact) mass is 520 g/mol. The van der Waals surface area contributed by atoms with Crippen LogP contribution in [0.25, 0.3) is 10.9 Å². The molecule has 0 amide bonds. The summed E-state index contributed by atoms with van der Waals surface area (Å²) in [4.78, 5) is 7.76. The highest BCUT2D eigenvalue weighted by Gasteiger charge is 2.28. The standard InChI is InChI=1S/C20H32N4O2S.HI/c1-6-21-19(23-12-13-27(25,26)20(3,4)5)22-11-10-16-14-24-18-15(2)8-7-9-17(16)18;/h7-9,14,24H,6,10-13H2,1-5H3,(H2,21,22,23);1H. The van der Waals surface area contributed by atoms with Gasteiger partial charge in [-0.3, -0.25) is 4.99 Å². The molecule has 8 heteroatoms. The van der Waals surface area contributed by atoms with Gasteiger partial charge >= 0.3 is 0 Å². The van der Waals surface area contributed by atoms with Gasteiger partial charge in [-0.1, -0.05) is 18.2 Å². The summed E-state index contributed by atoms with van der Waals surface area (Å²) in [6.45, 7) is 11.0. The predicted molar refractivity (Wildman–Crippen MR) is 130 cm³/mol. The van der Waals surface area contributed by atoms with Gasteiger partial charge in [0.05, 0.1) is 17.0 Å². The fourth-order valence-corrected chi connectivity index (χ4v) is 3.76. The maximum atomic E-state index is 12.2. The molecule has 1 heterocycles. The van der Waals surface area contributed by atoms with Crippen LogP contribution in [0.2, 0.25) is 0 Å². The molecule has 0 bridgehead atoms. The molecule has 2 rings (SSSR count). The first kappa shape index (κ1) is 24.7. The third-order valence-corrected chi connectivity index (χ3v) is 7.19. The van der Waals surface area contributed by atoms with E-state index in [1.165, 1.54) is 22.0 Å². The third kappa shape index (κ3) is 6.37. The van der Waals surface area contributed by atoms with Gasteiger partial charge in [-0.2, -0.15) is 0 Å². The van der Waals surface area contributed by atoms with Gasteiger partial charge < -0.3 is 15.6 Å². The molecule has 0 atom stereocenters. The molecule has 0 aliphatic rings. The summed E-state index contributed by atoms with van der Waals surface area (Å²) in [6, 6.07) is 6.30. The van der Waals surface area contributed by atoms with E-state index in [4.69, 9.17) is 0 Å². The molecule has 28 heavy (non-hydrogen) atoms. The first-order chi connectivity index (χ1) is 12.7. The summed E-state index contributed by atoms with van der Waals surface area (Å²) >= 11 is 0. The average Bonchev–Trinajstić information content (AvgIpc) is 2.98. The van der Waals surface area contributed by atoms with Crippen LogP contribution in [-0.2, 0) is 16.3 Å². The van der Waals surface area contributed by atoms with Crippen molar-refractivity contribution in [2.75, 3.05) is 25.4 Å². The Morgan fingerprint density at radius 2 is 1.93 bits per heavy atom. The van der Waals surface area contributed by atoms with Crippen molar-refractivity contribution in [3.05, 3.63) is 35.5 Å². The normalized spacial score (nSPS) is 12.7. The van der Waals surface area contributed by atoms with Crippen molar-refractivity contribution >= 4 is 50.7 Å². The summed E-state index contributed by atoms with van der Waals surface area (Å²) in [7, 11) is -3.16. The minimum absolute atomic E-state index is 0. The van der Waals surface area contributed by atoms with Crippen LogP contribution >= 0.6 is 24.0 Å². The number of aliphatic imine (C=N–C) groups is 1. The highest BCUT2D eigenvalue weighted by molar-refractivity contribution is 14.0. The Labute approximate surface area is 185 Å². The van der Waals surface area contributed by atoms with Crippen LogP contribution in [-0.4, -0.2) is 49.5 Å². The van der Waals surface area contributed by atoms with E-state index >= 15 is 0 Å². The van der Waals surface area contributed by atoms with Crippen molar-refractivity contribution in [3.63, 3.8) is 0 Å². The molecule has 0 unspecified atom stereocenters. The van der Waals surface area contributed by atoms with Crippen LogP contribution in [0.4, 0.5) is 0 Å². The zero-order chi connectivity index (χ0) is 20.1. The first-order valence-electron chi connectivity index (χ1n) is 9.46. The number of aryl methyl sites for hydroxylation is 1. The van der Waals surface area contributed by atoms with Crippen molar-refractivity contribution < 1.29 is 8.42 Å². The number of fused-ring (bicyclic) bond motifs is 1. The number of guanidine groups is 1. The number of hydrogen-bond acceptors (Lipinski definition) is 3. The number of rotatable bonds is 7. The minimum Gasteiger partial charge on any atom is -0.361 e. The number of aromatic nitrogens is 1. The number of nitrogens with one attached hydrogen (secondary N) is 3. The average molecular weight is 520 g/mol. The minimum atomic E-state index is -3.16. The van der Waals surface area contributed by atoms with E-state index in [1.54, 1.807) is 20.8 Å². The molecule has 0 saturated heterocycles. The number of sulfone groups is 1. The van der Waals surface area contributed by atoms with Crippen LogP contribution in [0.15, 0.2) is 29.4 Å². The lowest BCUT2D eigenvalue weighted by molar-refractivity contribution is 0.560. The second kappa shape index (κ2) is 10.5. The van der Waals surface area contributed by atoms with Gasteiger partial charge in [0.2, 0.25) is 0 Å². The smallest absolute Gasteiger partial charge is 0.191 e. The van der Waals surface area contributed by atoms with Crippen LogP contribution in [0.5, 0.6) is 0 Å². The quantitative estimate of drug-likeness (QED) is 0.297. The number of hydrogen-bond donors (Lipinski definition) is 3. The Kier molecular flexibility index (Phi) is 9.26. The van der Waals surface area contributed by atoms with Crippen LogP contribution in [0.1, 0.15) is 38.8 Å². The van der Waals surface area contributed by atoms with E-state index in [1.807, 2.05) is 6.92 Å². The summed E-state index contributed by atoms with van der Waals surface area (Å²) < 4.78 is 23.7. The van der Waals surface area contributed by atoms with Gasteiger partial charge in [0.15, 0.2) is 15.8 Å². The first-order valence-corrected chi connectivity index (χ1v) is 11.1. The van der Waals surface area contributed by atoms with Gasteiger partial charge in [0, 0.05) is 30.2 Å². The molecule has 0 aliphatic heterocycles. The second-order valence-corrected chi connectivity index (χ2v) is 10.5. The van der Waals surface area contributed by atoms with E-state index < -0.39 is 14.6 Å². The largest absolute Gasteiger partial charge is 0.361 e. The number of H-pyrrole nitrogens is 1. The van der Waals surface area contributed by atoms with Gasteiger partial charge in [-0.25, -0.2) is 8.42 Å². The van der Waals surface area contributed by atoms with Gasteiger partial charge in [0.25, 0.3) is 0 Å². The molecule has 2 aromatic rings. The lowest BCUT2D eigenvalue weighted by Crippen LogP contribution is -2.39. The Morgan fingerprint density at radius 3 is 2.57 bits per heavy atom. The summed E-state index contributed by atoms with van der Waals surface area (Å²) in [5, 5.41) is 7.71. The van der Waals surface area contributed by atoms with Gasteiger partial charge in [-0.15, -0.1) is 24.0 Å². The number of halogens is 1. The molecule has 158 valence electrons. The predicted octanol–water partition coefficient (Wildman–Crippen LogP) is 3.41. The molecular weight excluding hydrogens is 487 g/mol. The van der Waals surface area contributed by atoms with Gasteiger partial charge in [0.1, 0.15) is 0 Å². The molecule has 6 nitrogen and oxygen atoms in total. The fraction of sp³-hybridized carbons (Fsp3) is 0.550. The topological polar surface area (TPSA) is 86.3 Å². The van der Waals surface area contributed by atoms with E-state index in [0.717, 1.165) is 19.5 Å². The maximum Gasteiger partial charge on any atom is 0.191 e. The lowest BCUT2D eigenvalue weighted by Gasteiger charge is -2.18. The fourth-order valence-electron chi connectivity index (χ4n) is 2.81. The molecule has 1 aromatic heterocycles. The molecule has 0 radical (unpaired) electrons. The second-order valence-electron chi connectivity index (χ2n) is 7.68. The summed E-state index contributed by atoms with van der Waals surface area (Å²) in [5.41, 5.74) is 3.68. The molecule has 0 saturated carbocycles. The van der Waals surface area contributed by atoms with Gasteiger partial charge in [-0.05, 0) is 52.2 Å². The zero-order valence-electron chi connectivity index (χ0n) is 17.4. The van der Waals surface area contributed by atoms with Crippen molar-refractivity contribution in [1.29, 1.82) is 0 Å². The van der Waals surface area contributed by atoms with E-state index in [9.17, 15) is 8.42 Å². The Balaban J connectivity index is 0.00000392. The Morgan fingerprint density at radius 1 is 1.21 bits per heavy atom. The molecular formula is C20H33IN4O2S. The lowest BCUT2D eigenvalue weighted by atomic mass is 10.1. The summed E-state index contributed by atoms with van der Waals surface area (Å²) in [6.07, 6.45) is 2.91. The molecule has 0 spiro atoms. The van der Waals surface area contributed by atoms with Crippen LogP contribution < -0.4 is 10.6 Å². The third-order valence-electron chi connectivity index (χ3n) is 4.60. The van der Waals surface area contributed by atoms with E-state index in [-0.39, 0.29) is 36.3 Å².